The molecule has 0 radical (unpaired) electrons. The van der Waals surface area contributed by atoms with Crippen LogP contribution in [0.3, 0.4) is 0 Å². The zero-order valence-corrected chi connectivity index (χ0v) is 9.21. The molecule has 1 aromatic rings. The lowest BCUT2D eigenvalue weighted by Gasteiger charge is -2.17. The lowest BCUT2D eigenvalue weighted by molar-refractivity contribution is -0.189. The van der Waals surface area contributed by atoms with Gasteiger partial charge in [-0.15, -0.1) is 0 Å². The highest BCUT2D eigenvalue weighted by molar-refractivity contribution is 6.34. The third-order valence-corrected chi connectivity index (χ3v) is 2.20. The van der Waals surface area contributed by atoms with Crippen LogP contribution < -0.4 is 4.74 Å². The van der Waals surface area contributed by atoms with E-state index >= 15 is 0 Å². The number of hydrogen-bond donors (Lipinski definition) is 1. The van der Waals surface area contributed by atoms with Crippen molar-refractivity contribution in [2.24, 2.45) is 0 Å². The van der Waals surface area contributed by atoms with Crippen LogP contribution in [0.15, 0.2) is 12.3 Å². The van der Waals surface area contributed by atoms with Gasteiger partial charge in [-0.05, 0) is 13.0 Å². The predicted molar refractivity (Wildman–Crippen MR) is 52.4 cm³/mol. The van der Waals surface area contributed by atoms with E-state index in [0.717, 1.165) is 19.2 Å². The topological polar surface area (TPSA) is 59.4 Å². The first kappa shape index (κ1) is 13.6. The molecule has 8 heteroatoms. The highest BCUT2D eigenvalue weighted by Gasteiger charge is 2.38. The third kappa shape index (κ3) is 3.23. The molecule has 0 fully saturated rings. The molecular weight excluding hydrogens is 263 g/mol. The van der Waals surface area contributed by atoms with E-state index in [0.29, 0.717) is 0 Å². The van der Waals surface area contributed by atoms with Crippen LogP contribution in [0.4, 0.5) is 13.2 Å². The first-order valence-corrected chi connectivity index (χ1v) is 4.72. The van der Waals surface area contributed by atoms with E-state index in [1.165, 1.54) is 0 Å². The van der Waals surface area contributed by atoms with Gasteiger partial charge in [-0.3, -0.25) is 0 Å². The van der Waals surface area contributed by atoms with Gasteiger partial charge in [-0.25, -0.2) is 9.78 Å². The van der Waals surface area contributed by atoms with Crippen LogP contribution in [0, 0.1) is 0 Å². The Hall–Kier alpha value is -1.50. The molecule has 17 heavy (non-hydrogen) atoms. The molecule has 1 aromatic heterocycles. The van der Waals surface area contributed by atoms with E-state index in [9.17, 15) is 18.0 Å². The van der Waals surface area contributed by atoms with Crippen molar-refractivity contribution in [3.05, 3.63) is 22.8 Å². The summed E-state index contributed by atoms with van der Waals surface area (Å²) in [4.78, 5) is 14.1. The van der Waals surface area contributed by atoms with Gasteiger partial charge in [0.1, 0.15) is 5.02 Å². The molecule has 4 nitrogen and oxygen atoms in total. The van der Waals surface area contributed by atoms with Gasteiger partial charge < -0.3 is 9.84 Å². The molecule has 0 aromatic carbocycles. The summed E-state index contributed by atoms with van der Waals surface area (Å²) in [5, 5.41) is 8.23. The number of alkyl halides is 3. The summed E-state index contributed by atoms with van der Waals surface area (Å²) in [5.74, 6) is -1.93. The Balaban J connectivity index is 3.01. The van der Waals surface area contributed by atoms with Crippen LogP contribution in [0.25, 0.3) is 0 Å². The van der Waals surface area contributed by atoms with Gasteiger partial charge in [-0.1, -0.05) is 11.6 Å². The number of carbonyl (C=O) groups is 1. The maximum Gasteiger partial charge on any atom is 0.425 e. The number of carboxylic acids is 1. The summed E-state index contributed by atoms with van der Waals surface area (Å²) in [6, 6.07) is 1.07. The minimum absolute atomic E-state index is 0.369. The fourth-order valence-electron chi connectivity index (χ4n) is 0.906. The highest BCUT2D eigenvalue weighted by atomic mass is 35.5. The van der Waals surface area contributed by atoms with Crippen molar-refractivity contribution in [2.75, 3.05) is 0 Å². The SMILES string of the molecule is CC(Oc1nccc(C(=O)O)c1Cl)C(F)(F)F. The van der Waals surface area contributed by atoms with Gasteiger partial charge >= 0.3 is 12.1 Å². The average Bonchev–Trinajstić information content (AvgIpc) is 2.19. The van der Waals surface area contributed by atoms with Crippen LogP contribution in [0.1, 0.15) is 17.3 Å². The van der Waals surface area contributed by atoms with Gasteiger partial charge in [0.15, 0.2) is 6.10 Å². The van der Waals surface area contributed by atoms with E-state index in [-0.39, 0.29) is 5.56 Å². The first-order valence-electron chi connectivity index (χ1n) is 4.34. The molecule has 0 aliphatic heterocycles. The number of carboxylic acid groups (broad SMARTS) is 1. The van der Waals surface area contributed by atoms with E-state index in [2.05, 4.69) is 9.72 Å². The number of hydrogen-bond acceptors (Lipinski definition) is 3. The molecule has 1 unspecified atom stereocenters. The molecule has 1 rings (SSSR count). The quantitative estimate of drug-likeness (QED) is 0.916. The number of nitrogens with zero attached hydrogens (tertiary/aromatic N) is 1. The van der Waals surface area contributed by atoms with Gasteiger partial charge in [-0.2, -0.15) is 13.2 Å². The maximum atomic E-state index is 12.2. The summed E-state index contributed by atoms with van der Waals surface area (Å²) in [6.45, 7) is 0.769. The molecule has 1 heterocycles. The van der Waals surface area contributed by atoms with E-state index in [1.54, 1.807) is 0 Å². The van der Waals surface area contributed by atoms with Crippen LogP contribution >= 0.6 is 11.6 Å². The van der Waals surface area contributed by atoms with Crippen LogP contribution in [-0.4, -0.2) is 28.3 Å². The Labute approximate surface area is 99.0 Å². The summed E-state index contributed by atoms with van der Waals surface area (Å²) in [7, 11) is 0. The lowest BCUT2D eigenvalue weighted by atomic mass is 10.2. The normalized spacial score (nSPS) is 13.2. The number of rotatable bonds is 3. The molecule has 0 saturated carbocycles. The Morgan fingerprint density at radius 1 is 1.59 bits per heavy atom. The second kappa shape index (κ2) is 4.79. The number of aromatic carboxylic acids is 1. The van der Waals surface area contributed by atoms with Gasteiger partial charge in [0.25, 0.3) is 0 Å². The molecular formula is C9H7ClF3NO3. The van der Waals surface area contributed by atoms with Gasteiger partial charge in [0.2, 0.25) is 5.88 Å². The highest BCUT2D eigenvalue weighted by Crippen LogP contribution is 2.30. The fourth-order valence-corrected chi connectivity index (χ4v) is 1.14. The third-order valence-electron chi connectivity index (χ3n) is 1.84. The van der Waals surface area contributed by atoms with Crippen LogP contribution in [0.5, 0.6) is 5.88 Å². The van der Waals surface area contributed by atoms with Crippen molar-refractivity contribution in [1.29, 1.82) is 0 Å². The number of ether oxygens (including phenoxy) is 1. The molecule has 0 bridgehead atoms. The van der Waals surface area contributed by atoms with Crippen molar-refractivity contribution < 1.29 is 27.8 Å². The summed E-state index contributed by atoms with van der Waals surface area (Å²) >= 11 is 5.56. The van der Waals surface area contributed by atoms with Crippen LogP contribution in [-0.2, 0) is 0 Å². The van der Waals surface area contributed by atoms with Crippen molar-refractivity contribution in [2.45, 2.75) is 19.2 Å². The Morgan fingerprint density at radius 3 is 2.65 bits per heavy atom. The molecule has 0 aliphatic rings. The largest absolute Gasteiger partial charge is 0.478 e. The van der Waals surface area contributed by atoms with Crippen molar-refractivity contribution >= 4 is 17.6 Å². The number of halogens is 4. The second-order valence-corrected chi connectivity index (χ2v) is 3.46. The van der Waals surface area contributed by atoms with Crippen LogP contribution in [0.2, 0.25) is 5.02 Å². The standard InChI is InChI=1S/C9H7ClF3NO3/c1-4(9(11,12)13)17-7-6(10)5(8(15)16)2-3-14-7/h2-4H,1H3,(H,15,16). The van der Waals surface area contributed by atoms with E-state index in [1.807, 2.05) is 0 Å². The smallest absolute Gasteiger partial charge is 0.425 e. The Morgan fingerprint density at radius 2 is 2.18 bits per heavy atom. The molecule has 0 spiro atoms. The molecule has 0 amide bonds. The summed E-state index contributed by atoms with van der Waals surface area (Å²) in [5.41, 5.74) is -0.369. The van der Waals surface area contributed by atoms with Crippen molar-refractivity contribution in [1.82, 2.24) is 4.98 Å². The second-order valence-electron chi connectivity index (χ2n) is 3.08. The van der Waals surface area contributed by atoms with Gasteiger partial charge in [0.05, 0.1) is 5.56 Å². The lowest BCUT2D eigenvalue weighted by Crippen LogP contribution is -2.31. The predicted octanol–water partition coefficient (Wildman–Crippen LogP) is 2.76. The summed E-state index contributed by atoms with van der Waals surface area (Å²) < 4.78 is 41.1. The molecule has 1 N–H and O–H groups in total. The zero-order valence-electron chi connectivity index (χ0n) is 8.45. The Bertz CT molecular complexity index is 436. The molecule has 94 valence electrons. The molecule has 0 saturated heterocycles. The Kier molecular flexibility index (Phi) is 3.82. The molecule has 0 aliphatic carbocycles. The fraction of sp³-hybridized carbons (Fsp3) is 0.333. The summed E-state index contributed by atoms with van der Waals surface area (Å²) in [6.07, 6.45) is -5.70. The zero-order chi connectivity index (χ0) is 13.2. The van der Waals surface area contributed by atoms with E-state index < -0.39 is 29.2 Å². The first-order chi connectivity index (χ1) is 7.73. The van der Waals surface area contributed by atoms with Crippen molar-refractivity contribution in [3.63, 3.8) is 0 Å². The monoisotopic (exact) mass is 269 g/mol. The van der Waals surface area contributed by atoms with Gasteiger partial charge in [0, 0.05) is 6.20 Å². The number of pyridine rings is 1. The minimum atomic E-state index is -4.58. The minimum Gasteiger partial charge on any atom is -0.478 e. The average molecular weight is 270 g/mol. The maximum absolute atomic E-state index is 12.2. The molecule has 1 atom stereocenters. The van der Waals surface area contributed by atoms with E-state index in [4.69, 9.17) is 16.7 Å². The van der Waals surface area contributed by atoms with Crippen molar-refractivity contribution in [3.8, 4) is 5.88 Å². The number of aromatic nitrogens is 1.